The van der Waals surface area contributed by atoms with Crippen LogP contribution in [0.3, 0.4) is 0 Å². The molecular formula is C14H15F3N6O2. The minimum absolute atomic E-state index is 0.160. The smallest absolute Gasteiger partial charge is 0.253 e. The number of halogens is 3. The van der Waals surface area contributed by atoms with E-state index >= 15 is 0 Å². The summed E-state index contributed by atoms with van der Waals surface area (Å²) in [6.07, 6.45) is -4.43. The molecule has 3 N–H and O–H groups in total. The van der Waals surface area contributed by atoms with Crippen molar-refractivity contribution in [2.45, 2.75) is 20.0 Å². The Morgan fingerprint density at radius 2 is 1.96 bits per heavy atom. The molecule has 1 aliphatic heterocycles. The summed E-state index contributed by atoms with van der Waals surface area (Å²) >= 11 is 0. The Morgan fingerprint density at radius 3 is 2.56 bits per heavy atom. The van der Waals surface area contributed by atoms with Crippen LogP contribution in [0.2, 0.25) is 0 Å². The van der Waals surface area contributed by atoms with E-state index in [0.29, 0.717) is 11.3 Å². The van der Waals surface area contributed by atoms with Crippen LogP contribution >= 0.6 is 0 Å². The van der Waals surface area contributed by atoms with Gasteiger partial charge in [0.2, 0.25) is 0 Å². The monoisotopic (exact) mass is 356 g/mol. The lowest BCUT2D eigenvalue weighted by Gasteiger charge is -2.25. The number of hydrogen-bond acceptors (Lipinski definition) is 4. The minimum Gasteiger partial charge on any atom is -0.253 e. The van der Waals surface area contributed by atoms with E-state index in [1.807, 2.05) is 0 Å². The zero-order valence-electron chi connectivity index (χ0n) is 13.3. The molecule has 11 heteroatoms. The zero-order chi connectivity index (χ0) is 18.6. The number of hydrazone groups is 1. The van der Waals surface area contributed by atoms with Crippen molar-refractivity contribution in [1.82, 2.24) is 21.4 Å². The summed E-state index contributed by atoms with van der Waals surface area (Å²) in [5, 5.41) is 4.79. The SMILES string of the molecule is CC1=NNC(=O)N(NNC(=O)/N=C(\C)c2ccc(C(F)(F)F)cc2)C1. The summed E-state index contributed by atoms with van der Waals surface area (Å²) in [5.41, 5.74) is 7.20. The average Bonchev–Trinajstić information content (AvgIpc) is 2.55. The van der Waals surface area contributed by atoms with Crippen molar-refractivity contribution in [3.05, 3.63) is 35.4 Å². The van der Waals surface area contributed by atoms with Crippen molar-refractivity contribution >= 4 is 23.5 Å². The van der Waals surface area contributed by atoms with Crippen LogP contribution in [-0.4, -0.2) is 35.0 Å². The van der Waals surface area contributed by atoms with Gasteiger partial charge >= 0.3 is 18.2 Å². The lowest BCUT2D eigenvalue weighted by Crippen LogP contribution is -2.57. The molecule has 4 amide bonds. The fraction of sp³-hybridized carbons (Fsp3) is 0.286. The van der Waals surface area contributed by atoms with E-state index in [1.54, 1.807) is 6.92 Å². The van der Waals surface area contributed by atoms with Gasteiger partial charge in [-0.25, -0.2) is 20.0 Å². The Kier molecular flexibility index (Phi) is 5.37. The Morgan fingerprint density at radius 1 is 1.32 bits per heavy atom. The number of urea groups is 2. The molecular weight excluding hydrogens is 341 g/mol. The Balaban J connectivity index is 1.96. The second-order valence-electron chi connectivity index (χ2n) is 5.16. The number of benzene rings is 1. The van der Waals surface area contributed by atoms with Crippen molar-refractivity contribution in [1.29, 1.82) is 0 Å². The molecule has 0 spiro atoms. The second-order valence-corrected chi connectivity index (χ2v) is 5.16. The maximum atomic E-state index is 12.5. The van der Waals surface area contributed by atoms with E-state index in [0.717, 1.165) is 17.1 Å². The van der Waals surface area contributed by atoms with E-state index in [2.05, 4.69) is 26.5 Å². The molecule has 0 aromatic heterocycles. The largest absolute Gasteiger partial charge is 0.416 e. The van der Waals surface area contributed by atoms with Crippen LogP contribution < -0.4 is 16.4 Å². The van der Waals surface area contributed by atoms with Gasteiger partial charge in [0.1, 0.15) is 0 Å². The minimum atomic E-state index is -4.43. The molecule has 0 fully saturated rings. The first kappa shape index (κ1) is 18.4. The van der Waals surface area contributed by atoms with Gasteiger partial charge < -0.3 is 0 Å². The first-order chi connectivity index (χ1) is 11.7. The number of alkyl halides is 3. The molecule has 1 heterocycles. The maximum absolute atomic E-state index is 12.5. The number of carbonyl (C=O) groups is 2. The van der Waals surface area contributed by atoms with Crippen molar-refractivity contribution in [2.75, 3.05) is 6.54 Å². The Labute approximate surface area is 140 Å². The summed E-state index contributed by atoms with van der Waals surface area (Å²) in [7, 11) is 0. The molecule has 1 aliphatic rings. The van der Waals surface area contributed by atoms with E-state index in [1.165, 1.54) is 19.1 Å². The summed E-state index contributed by atoms with van der Waals surface area (Å²) < 4.78 is 37.6. The first-order valence-electron chi connectivity index (χ1n) is 7.06. The van der Waals surface area contributed by atoms with Crippen molar-refractivity contribution in [3.63, 3.8) is 0 Å². The molecule has 0 saturated heterocycles. The van der Waals surface area contributed by atoms with Gasteiger partial charge in [-0.3, -0.25) is 5.43 Å². The molecule has 1 aromatic rings. The predicted molar refractivity (Wildman–Crippen MR) is 83.7 cm³/mol. The lowest BCUT2D eigenvalue weighted by molar-refractivity contribution is -0.137. The van der Waals surface area contributed by atoms with Gasteiger partial charge in [-0.1, -0.05) is 12.1 Å². The summed E-state index contributed by atoms with van der Waals surface area (Å²) in [6.45, 7) is 3.32. The van der Waals surface area contributed by atoms with Crippen molar-refractivity contribution in [3.8, 4) is 0 Å². The van der Waals surface area contributed by atoms with Crippen molar-refractivity contribution < 1.29 is 22.8 Å². The summed E-state index contributed by atoms with van der Waals surface area (Å²) in [5.74, 6) is 0. The van der Waals surface area contributed by atoms with Gasteiger partial charge in [0, 0.05) is 0 Å². The molecule has 0 radical (unpaired) electrons. The highest BCUT2D eigenvalue weighted by Gasteiger charge is 2.30. The van der Waals surface area contributed by atoms with E-state index < -0.39 is 23.8 Å². The second kappa shape index (κ2) is 7.30. The highest BCUT2D eigenvalue weighted by atomic mass is 19.4. The Hall–Kier alpha value is -2.95. The molecule has 0 saturated carbocycles. The number of carbonyl (C=O) groups excluding carboxylic acids is 2. The van der Waals surface area contributed by atoms with Gasteiger partial charge in [-0.2, -0.15) is 23.3 Å². The third-order valence-electron chi connectivity index (χ3n) is 3.17. The van der Waals surface area contributed by atoms with Gasteiger partial charge in [0.05, 0.1) is 23.5 Å². The molecule has 1 aromatic carbocycles. The number of hydrogen-bond donors (Lipinski definition) is 3. The third-order valence-corrected chi connectivity index (χ3v) is 3.17. The molecule has 25 heavy (non-hydrogen) atoms. The van der Waals surface area contributed by atoms with Crippen molar-refractivity contribution in [2.24, 2.45) is 10.1 Å². The van der Waals surface area contributed by atoms with Gasteiger partial charge in [-0.15, -0.1) is 5.53 Å². The highest BCUT2D eigenvalue weighted by molar-refractivity contribution is 6.04. The molecule has 0 unspecified atom stereocenters. The molecule has 0 atom stereocenters. The van der Waals surface area contributed by atoms with Gasteiger partial charge in [0.25, 0.3) is 0 Å². The number of amides is 4. The van der Waals surface area contributed by atoms with Crippen LogP contribution in [0.15, 0.2) is 34.4 Å². The quantitative estimate of drug-likeness (QED) is 0.571. The standard InChI is InChI=1S/C14H15F3N6O2/c1-8-7-23(13(25)21-19-8)22-20-12(24)18-9(2)10-3-5-11(6-4-10)14(15,16)17/h3-6,22H,7H2,1-2H3,(H,20,24)(H,21,25)/b18-9+. The third kappa shape index (κ3) is 5.01. The highest BCUT2D eigenvalue weighted by Crippen LogP contribution is 2.29. The van der Waals surface area contributed by atoms with Gasteiger partial charge in [0.15, 0.2) is 0 Å². The molecule has 0 bridgehead atoms. The van der Waals surface area contributed by atoms with Crippen LogP contribution in [0.1, 0.15) is 25.0 Å². The van der Waals surface area contributed by atoms with Crippen LogP contribution in [-0.2, 0) is 6.18 Å². The van der Waals surface area contributed by atoms with Gasteiger partial charge in [-0.05, 0) is 31.5 Å². The normalized spacial score (nSPS) is 15.6. The van der Waals surface area contributed by atoms with E-state index in [-0.39, 0.29) is 12.3 Å². The molecule has 2 rings (SSSR count). The fourth-order valence-electron chi connectivity index (χ4n) is 1.89. The topological polar surface area (TPSA) is 98.2 Å². The van der Waals surface area contributed by atoms with E-state index in [4.69, 9.17) is 0 Å². The van der Waals surface area contributed by atoms with E-state index in [9.17, 15) is 22.8 Å². The van der Waals surface area contributed by atoms with Crippen LogP contribution in [0.5, 0.6) is 0 Å². The molecule has 8 nitrogen and oxygen atoms in total. The van der Waals surface area contributed by atoms with Crippen LogP contribution in [0, 0.1) is 0 Å². The van der Waals surface area contributed by atoms with Crippen LogP contribution in [0.25, 0.3) is 0 Å². The lowest BCUT2D eigenvalue weighted by atomic mass is 10.1. The Bertz CT molecular complexity index is 727. The number of nitrogens with one attached hydrogen (secondary N) is 3. The summed E-state index contributed by atoms with van der Waals surface area (Å²) in [6, 6.07) is 2.88. The fourth-order valence-corrected chi connectivity index (χ4v) is 1.89. The summed E-state index contributed by atoms with van der Waals surface area (Å²) in [4.78, 5) is 26.9. The number of rotatable bonds is 3. The number of aliphatic imine (C=N–C) groups is 1. The predicted octanol–water partition coefficient (Wildman–Crippen LogP) is 2.04. The zero-order valence-corrected chi connectivity index (χ0v) is 13.3. The molecule has 0 aliphatic carbocycles. The van der Waals surface area contributed by atoms with Crippen LogP contribution in [0.4, 0.5) is 22.8 Å². The maximum Gasteiger partial charge on any atom is 0.416 e. The average molecular weight is 356 g/mol. The molecule has 134 valence electrons. The first-order valence-corrected chi connectivity index (χ1v) is 7.06. The number of nitrogens with zero attached hydrogens (tertiary/aromatic N) is 3. The number of hydrazine groups is 2.